The smallest absolute Gasteiger partial charge is 0.225 e. The summed E-state index contributed by atoms with van der Waals surface area (Å²) in [7, 11) is 0. The van der Waals surface area contributed by atoms with E-state index in [0.717, 1.165) is 5.69 Å². The highest BCUT2D eigenvalue weighted by Gasteiger charge is 2.22. The van der Waals surface area contributed by atoms with Crippen molar-refractivity contribution in [3.05, 3.63) is 42.6 Å². The van der Waals surface area contributed by atoms with Gasteiger partial charge in [0.05, 0.1) is 5.69 Å². The van der Waals surface area contributed by atoms with Crippen molar-refractivity contribution in [2.45, 2.75) is 33.6 Å². The van der Waals surface area contributed by atoms with E-state index in [4.69, 9.17) is 0 Å². The number of benzene rings is 1. The first kappa shape index (κ1) is 18.7. The molecule has 1 N–H and O–H groups in total. The lowest BCUT2D eigenvalue weighted by molar-refractivity contribution is -0.313. The van der Waals surface area contributed by atoms with E-state index in [0.29, 0.717) is 12.2 Å². The van der Waals surface area contributed by atoms with Crippen LogP contribution >= 0.6 is 0 Å². The van der Waals surface area contributed by atoms with Gasteiger partial charge < -0.3 is 15.2 Å². The van der Waals surface area contributed by atoms with E-state index in [1.165, 1.54) is 0 Å². The van der Waals surface area contributed by atoms with Gasteiger partial charge in [0.15, 0.2) is 5.82 Å². The third kappa shape index (κ3) is 5.45. The molecule has 0 saturated carbocycles. The Morgan fingerprint density at radius 2 is 1.84 bits per heavy atom. The Bertz CT molecular complexity index is 710. The molecule has 1 heterocycles. The molecule has 2 aromatic rings. The average molecular weight is 342 g/mol. The topological polar surface area (TPSA) is 87.0 Å². The van der Waals surface area contributed by atoms with Crippen LogP contribution in [0.2, 0.25) is 0 Å². The highest BCUT2D eigenvalue weighted by atomic mass is 16.4. The van der Waals surface area contributed by atoms with Gasteiger partial charge in [-0.1, -0.05) is 39.0 Å². The number of rotatable bonds is 8. The van der Waals surface area contributed by atoms with Gasteiger partial charge in [-0.2, -0.15) is 5.10 Å². The summed E-state index contributed by atoms with van der Waals surface area (Å²) in [6.07, 6.45) is 2.38. The zero-order valence-electron chi connectivity index (χ0n) is 14.8. The van der Waals surface area contributed by atoms with Crippen molar-refractivity contribution in [2.75, 3.05) is 5.32 Å². The second-order valence-corrected chi connectivity index (χ2v) is 6.77. The van der Waals surface area contributed by atoms with Crippen LogP contribution in [0.4, 0.5) is 5.82 Å². The van der Waals surface area contributed by atoms with Gasteiger partial charge in [-0.15, -0.1) is 0 Å². The maximum atomic E-state index is 12.2. The molecule has 2 rings (SSSR count). The molecule has 0 bridgehead atoms. The van der Waals surface area contributed by atoms with Crippen LogP contribution in [0, 0.1) is 17.8 Å². The van der Waals surface area contributed by atoms with Crippen LogP contribution in [0.25, 0.3) is 5.69 Å². The van der Waals surface area contributed by atoms with Gasteiger partial charge in [-0.05, 0) is 30.4 Å². The fourth-order valence-electron chi connectivity index (χ4n) is 2.81. The summed E-state index contributed by atoms with van der Waals surface area (Å²) in [5.41, 5.74) is 0.894. The molecule has 0 radical (unpaired) electrons. The highest BCUT2D eigenvalue weighted by molar-refractivity contribution is 5.90. The van der Waals surface area contributed by atoms with Crippen LogP contribution in [0.5, 0.6) is 0 Å². The Morgan fingerprint density at radius 3 is 2.44 bits per heavy atom. The summed E-state index contributed by atoms with van der Waals surface area (Å²) < 4.78 is 1.67. The Balaban J connectivity index is 1.96. The Hall–Kier alpha value is -2.63. The SMILES string of the molecule is CC(C)C[C@H](C(=O)[O-])[C@H](C)CC(=O)Nc1ccn(-c2ccccc2)n1. The van der Waals surface area contributed by atoms with Crippen LogP contribution in [0.3, 0.4) is 0 Å². The number of para-hydroxylation sites is 1. The van der Waals surface area contributed by atoms with E-state index in [2.05, 4.69) is 10.4 Å². The average Bonchev–Trinajstić information content (AvgIpc) is 3.01. The number of aliphatic carboxylic acids is 1. The van der Waals surface area contributed by atoms with Gasteiger partial charge in [0.2, 0.25) is 5.91 Å². The van der Waals surface area contributed by atoms with Gasteiger partial charge in [-0.25, -0.2) is 4.68 Å². The molecular weight excluding hydrogens is 318 g/mol. The van der Waals surface area contributed by atoms with Gasteiger partial charge in [0.1, 0.15) is 0 Å². The number of hydrogen-bond acceptors (Lipinski definition) is 4. The molecule has 134 valence electrons. The molecule has 0 saturated heterocycles. The van der Waals surface area contributed by atoms with Crippen molar-refractivity contribution >= 4 is 17.7 Å². The number of aromatic nitrogens is 2. The minimum Gasteiger partial charge on any atom is -0.550 e. The molecule has 6 nitrogen and oxygen atoms in total. The Kier molecular flexibility index (Phi) is 6.33. The number of nitrogens with zero attached hydrogens (tertiary/aromatic N) is 2. The number of anilines is 1. The molecule has 1 aromatic carbocycles. The maximum absolute atomic E-state index is 12.2. The van der Waals surface area contributed by atoms with Crippen molar-refractivity contribution in [1.82, 2.24) is 9.78 Å². The van der Waals surface area contributed by atoms with E-state index in [1.807, 2.05) is 44.2 Å². The first-order valence-electron chi connectivity index (χ1n) is 8.48. The quantitative estimate of drug-likeness (QED) is 0.797. The molecule has 2 atom stereocenters. The second-order valence-electron chi connectivity index (χ2n) is 6.77. The van der Waals surface area contributed by atoms with E-state index in [1.54, 1.807) is 23.9 Å². The van der Waals surface area contributed by atoms with Crippen LogP contribution in [-0.2, 0) is 9.59 Å². The number of carbonyl (C=O) groups excluding carboxylic acids is 2. The zero-order chi connectivity index (χ0) is 18.4. The fourth-order valence-corrected chi connectivity index (χ4v) is 2.81. The Morgan fingerprint density at radius 1 is 1.16 bits per heavy atom. The fraction of sp³-hybridized carbons (Fsp3) is 0.421. The highest BCUT2D eigenvalue weighted by Crippen LogP contribution is 2.23. The van der Waals surface area contributed by atoms with Crippen molar-refractivity contribution in [2.24, 2.45) is 17.8 Å². The molecule has 0 fully saturated rings. The summed E-state index contributed by atoms with van der Waals surface area (Å²) in [4.78, 5) is 23.5. The van der Waals surface area contributed by atoms with Crippen molar-refractivity contribution in [3.8, 4) is 5.69 Å². The third-order valence-corrected chi connectivity index (χ3v) is 4.10. The van der Waals surface area contributed by atoms with Crippen molar-refractivity contribution in [3.63, 3.8) is 0 Å². The van der Waals surface area contributed by atoms with E-state index >= 15 is 0 Å². The molecule has 1 aromatic heterocycles. The summed E-state index contributed by atoms with van der Waals surface area (Å²) in [6, 6.07) is 11.3. The third-order valence-electron chi connectivity index (χ3n) is 4.10. The maximum Gasteiger partial charge on any atom is 0.225 e. The van der Waals surface area contributed by atoms with E-state index in [-0.39, 0.29) is 24.2 Å². The first-order chi connectivity index (χ1) is 11.9. The summed E-state index contributed by atoms with van der Waals surface area (Å²) in [5.74, 6) is -1.61. The van der Waals surface area contributed by atoms with Gasteiger partial charge in [0, 0.05) is 30.6 Å². The molecule has 25 heavy (non-hydrogen) atoms. The molecule has 0 unspecified atom stereocenters. The minimum atomic E-state index is -1.10. The van der Waals surface area contributed by atoms with Gasteiger partial charge >= 0.3 is 0 Å². The molecule has 0 aliphatic carbocycles. The number of nitrogens with one attached hydrogen (secondary N) is 1. The van der Waals surface area contributed by atoms with E-state index < -0.39 is 11.9 Å². The molecule has 6 heteroatoms. The largest absolute Gasteiger partial charge is 0.550 e. The lowest BCUT2D eigenvalue weighted by Gasteiger charge is -2.26. The van der Waals surface area contributed by atoms with Crippen LogP contribution in [0.15, 0.2) is 42.6 Å². The predicted octanol–water partition coefficient (Wildman–Crippen LogP) is 2.25. The number of hydrogen-bond donors (Lipinski definition) is 1. The van der Waals surface area contributed by atoms with Crippen molar-refractivity contribution in [1.29, 1.82) is 0 Å². The number of amides is 1. The lowest BCUT2D eigenvalue weighted by atomic mass is 9.84. The summed E-state index contributed by atoms with van der Waals surface area (Å²) >= 11 is 0. The molecular formula is C19H24N3O3-. The molecule has 1 amide bonds. The number of carboxylic acids is 1. The van der Waals surface area contributed by atoms with Crippen LogP contribution in [0.1, 0.15) is 33.6 Å². The number of carboxylic acid groups (broad SMARTS) is 1. The number of carbonyl (C=O) groups is 2. The normalized spacial score (nSPS) is 13.4. The lowest BCUT2D eigenvalue weighted by Crippen LogP contribution is -2.37. The monoisotopic (exact) mass is 342 g/mol. The molecule has 0 aliphatic heterocycles. The zero-order valence-corrected chi connectivity index (χ0v) is 14.8. The molecule has 0 aliphatic rings. The van der Waals surface area contributed by atoms with Gasteiger partial charge in [0.25, 0.3) is 0 Å². The summed E-state index contributed by atoms with van der Waals surface area (Å²) in [5, 5.41) is 18.4. The first-order valence-corrected chi connectivity index (χ1v) is 8.48. The molecule has 0 spiro atoms. The minimum absolute atomic E-state index is 0.115. The van der Waals surface area contributed by atoms with Crippen molar-refractivity contribution < 1.29 is 14.7 Å². The second kappa shape index (κ2) is 8.46. The standard InChI is InChI=1S/C19H25N3O3/c1-13(2)11-16(19(24)25)14(3)12-18(23)20-17-9-10-22(21-17)15-7-5-4-6-8-15/h4-10,13-14,16H,11-12H2,1-3H3,(H,24,25)(H,20,21,23)/p-1/t14-,16+/m1/s1. The van der Waals surface area contributed by atoms with Gasteiger partial charge in [-0.3, -0.25) is 4.79 Å². The van der Waals surface area contributed by atoms with E-state index in [9.17, 15) is 14.7 Å². The predicted molar refractivity (Wildman–Crippen MR) is 93.9 cm³/mol. The Labute approximate surface area is 147 Å². The van der Waals surface area contributed by atoms with Crippen LogP contribution in [-0.4, -0.2) is 21.7 Å². The van der Waals surface area contributed by atoms with Crippen LogP contribution < -0.4 is 10.4 Å². The summed E-state index contributed by atoms with van der Waals surface area (Å²) in [6.45, 7) is 5.68.